The van der Waals surface area contributed by atoms with Gasteiger partial charge in [0.15, 0.2) is 11.6 Å². The Morgan fingerprint density at radius 2 is 2.05 bits per heavy atom. The molecule has 1 saturated carbocycles. The van der Waals surface area contributed by atoms with Crippen molar-refractivity contribution in [3.05, 3.63) is 28.5 Å². The van der Waals surface area contributed by atoms with Gasteiger partial charge in [0, 0.05) is 18.4 Å². The minimum Gasteiger partial charge on any atom is -0.493 e. The van der Waals surface area contributed by atoms with Crippen molar-refractivity contribution >= 4 is 11.6 Å². The SMILES string of the molecule is COc1c([C@@H]2CCC(F)(F)C[C@H]2C)ccc(Cl)c1F. The maximum atomic E-state index is 13.9. The fraction of sp³-hybridized carbons (Fsp3) is 0.571. The Morgan fingerprint density at radius 3 is 2.63 bits per heavy atom. The van der Waals surface area contributed by atoms with Gasteiger partial charge in [0.2, 0.25) is 5.92 Å². The Kier molecular flexibility index (Phi) is 4.00. The molecule has 106 valence electrons. The third kappa shape index (κ3) is 2.83. The summed E-state index contributed by atoms with van der Waals surface area (Å²) in [5, 5.41) is -0.0191. The van der Waals surface area contributed by atoms with E-state index in [9.17, 15) is 13.2 Å². The van der Waals surface area contributed by atoms with Crippen LogP contribution in [0.3, 0.4) is 0 Å². The molecule has 1 aliphatic carbocycles. The number of methoxy groups -OCH3 is 1. The first kappa shape index (κ1) is 14.5. The Hall–Kier alpha value is -0.900. The molecule has 1 fully saturated rings. The van der Waals surface area contributed by atoms with Gasteiger partial charge in [0.25, 0.3) is 0 Å². The fourth-order valence-electron chi connectivity index (χ4n) is 2.88. The largest absolute Gasteiger partial charge is 0.493 e. The van der Waals surface area contributed by atoms with Gasteiger partial charge in [-0.3, -0.25) is 0 Å². The second-order valence-electron chi connectivity index (χ2n) is 5.17. The van der Waals surface area contributed by atoms with Crippen LogP contribution in [0.15, 0.2) is 12.1 Å². The third-order valence-electron chi connectivity index (χ3n) is 3.81. The van der Waals surface area contributed by atoms with Crippen molar-refractivity contribution in [1.82, 2.24) is 0 Å². The molecule has 0 amide bonds. The van der Waals surface area contributed by atoms with Crippen molar-refractivity contribution in [1.29, 1.82) is 0 Å². The van der Waals surface area contributed by atoms with E-state index in [0.717, 1.165) is 0 Å². The van der Waals surface area contributed by atoms with Crippen LogP contribution in [0.1, 0.15) is 37.7 Å². The molecule has 19 heavy (non-hydrogen) atoms. The predicted octanol–water partition coefficient (Wildman–Crippen LogP) is 5.03. The molecular formula is C14H16ClF3O. The highest BCUT2D eigenvalue weighted by atomic mass is 35.5. The molecule has 0 saturated heterocycles. The third-order valence-corrected chi connectivity index (χ3v) is 4.10. The number of rotatable bonds is 2. The topological polar surface area (TPSA) is 9.23 Å². The van der Waals surface area contributed by atoms with E-state index in [-0.39, 0.29) is 35.4 Å². The average molecular weight is 293 g/mol. The van der Waals surface area contributed by atoms with Crippen LogP contribution < -0.4 is 4.74 Å². The summed E-state index contributed by atoms with van der Waals surface area (Å²) in [7, 11) is 1.36. The molecule has 1 aromatic carbocycles. The van der Waals surface area contributed by atoms with Gasteiger partial charge in [0.1, 0.15) is 0 Å². The first-order chi connectivity index (χ1) is 8.85. The number of alkyl halides is 2. The Labute approximate surface area is 115 Å². The fourth-order valence-corrected chi connectivity index (χ4v) is 3.02. The maximum Gasteiger partial charge on any atom is 0.248 e. The lowest BCUT2D eigenvalue weighted by Gasteiger charge is -2.34. The molecule has 0 aliphatic heterocycles. The van der Waals surface area contributed by atoms with Gasteiger partial charge in [0.05, 0.1) is 12.1 Å². The van der Waals surface area contributed by atoms with Gasteiger partial charge in [-0.2, -0.15) is 0 Å². The van der Waals surface area contributed by atoms with Crippen LogP contribution >= 0.6 is 11.6 Å². The van der Waals surface area contributed by atoms with Crippen LogP contribution in [-0.2, 0) is 0 Å². The van der Waals surface area contributed by atoms with Crippen LogP contribution in [0.4, 0.5) is 13.2 Å². The molecule has 0 N–H and O–H groups in total. The van der Waals surface area contributed by atoms with Gasteiger partial charge >= 0.3 is 0 Å². The molecule has 1 aromatic rings. The van der Waals surface area contributed by atoms with Crippen molar-refractivity contribution in [2.45, 2.75) is 38.0 Å². The van der Waals surface area contributed by atoms with Crippen molar-refractivity contribution in [3.8, 4) is 5.75 Å². The molecule has 0 aromatic heterocycles. The van der Waals surface area contributed by atoms with Crippen LogP contribution in [0.5, 0.6) is 5.75 Å². The lowest BCUT2D eigenvalue weighted by molar-refractivity contribution is -0.0557. The molecule has 1 aliphatic rings. The zero-order valence-electron chi connectivity index (χ0n) is 10.9. The Balaban J connectivity index is 2.35. The molecule has 0 spiro atoms. The van der Waals surface area contributed by atoms with Crippen LogP contribution in [0.2, 0.25) is 5.02 Å². The summed E-state index contributed by atoms with van der Waals surface area (Å²) >= 11 is 5.71. The van der Waals surface area contributed by atoms with Gasteiger partial charge in [-0.25, -0.2) is 13.2 Å². The van der Waals surface area contributed by atoms with Gasteiger partial charge in [-0.1, -0.05) is 24.6 Å². The first-order valence-corrected chi connectivity index (χ1v) is 6.63. The molecule has 5 heteroatoms. The lowest BCUT2D eigenvalue weighted by atomic mass is 9.74. The highest BCUT2D eigenvalue weighted by molar-refractivity contribution is 6.30. The van der Waals surface area contributed by atoms with E-state index in [0.29, 0.717) is 12.0 Å². The molecule has 0 heterocycles. The Bertz CT molecular complexity index is 476. The molecule has 0 unspecified atom stereocenters. The summed E-state index contributed by atoms with van der Waals surface area (Å²) in [6.45, 7) is 1.77. The predicted molar refractivity (Wildman–Crippen MR) is 68.7 cm³/mol. The number of hydrogen-bond donors (Lipinski definition) is 0. The quantitative estimate of drug-likeness (QED) is 0.743. The van der Waals surface area contributed by atoms with Crippen LogP contribution in [0.25, 0.3) is 0 Å². The zero-order chi connectivity index (χ0) is 14.2. The van der Waals surface area contributed by atoms with Gasteiger partial charge in [-0.05, 0) is 24.3 Å². The summed E-state index contributed by atoms with van der Waals surface area (Å²) in [4.78, 5) is 0. The van der Waals surface area contributed by atoms with Crippen molar-refractivity contribution in [2.75, 3.05) is 7.11 Å². The van der Waals surface area contributed by atoms with E-state index in [4.69, 9.17) is 16.3 Å². The maximum absolute atomic E-state index is 13.9. The van der Waals surface area contributed by atoms with Gasteiger partial charge < -0.3 is 4.74 Å². The minimum atomic E-state index is -2.62. The van der Waals surface area contributed by atoms with E-state index in [2.05, 4.69) is 0 Å². The number of benzene rings is 1. The summed E-state index contributed by atoms with van der Waals surface area (Å²) in [5.41, 5.74) is 0.632. The molecule has 2 atom stereocenters. The number of hydrogen-bond acceptors (Lipinski definition) is 1. The van der Waals surface area contributed by atoms with E-state index in [1.165, 1.54) is 13.2 Å². The van der Waals surface area contributed by atoms with Crippen molar-refractivity contribution in [3.63, 3.8) is 0 Å². The first-order valence-electron chi connectivity index (χ1n) is 6.25. The zero-order valence-corrected chi connectivity index (χ0v) is 11.6. The Morgan fingerprint density at radius 1 is 1.37 bits per heavy atom. The van der Waals surface area contributed by atoms with Crippen LogP contribution in [0, 0.1) is 11.7 Å². The standard InChI is InChI=1S/C14H16ClF3O/c1-8-7-14(17,18)6-5-9(8)10-3-4-11(15)12(16)13(10)19-2/h3-4,8-9H,5-7H2,1-2H3/t8-,9-/m1/s1. The summed E-state index contributed by atoms with van der Waals surface area (Å²) in [6.07, 6.45) is -0.0218. The lowest BCUT2D eigenvalue weighted by Crippen LogP contribution is -2.30. The smallest absolute Gasteiger partial charge is 0.248 e. The van der Waals surface area contributed by atoms with E-state index >= 15 is 0 Å². The molecular weight excluding hydrogens is 277 g/mol. The van der Waals surface area contributed by atoms with Crippen molar-refractivity contribution < 1.29 is 17.9 Å². The number of ether oxygens (including phenoxy) is 1. The normalized spacial score (nSPS) is 26.2. The molecule has 2 rings (SSSR count). The van der Waals surface area contributed by atoms with Crippen molar-refractivity contribution in [2.24, 2.45) is 5.92 Å². The van der Waals surface area contributed by atoms with Crippen LogP contribution in [-0.4, -0.2) is 13.0 Å². The summed E-state index contributed by atoms with van der Waals surface area (Å²) in [5.74, 6) is -3.51. The number of halogens is 4. The molecule has 0 radical (unpaired) electrons. The monoisotopic (exact) mass is 292 g/mol. The average Bonchev–Trinajstić information content (AvgIpc) is 2.32. The highest BCUT2D eigenvalue weighted by Gasteiger charge is 2.41. The molecule has 1 nitrogen and oxygen atoms in total. The second kappa shape index (κ2) is 5.23. The molecule has 0 bridgehead atoms. The summed E-state index contributed by atoms with van der Waals surface area (Å²) < 4.78 is 45.6. The van der Waals surface area contributed by atoms with Gasteiger partial charge in [-0.15, -0.1) is 0 Å². The second-order valence-corrected chi connectivity index (χ2v) is 5.57. The van der Waals surface area contributed by atoms with E-state index < -0.39 is 11.7 Å². The van der Waals surface area contributed by atoms with E-state index in [1.54, 1.807) is 13.0 Å². The minimum absolute atomic E-state index is 0.0191. The summed E-state index contributed by atoms with van der Waals surface area (Å²) in [6, 6.07) is 3.13. The van der Waals surface area contributed by atoms with E-state index in [1.807, 2.05) is 0 Å². The highest BCUT2D eigenvalue weighted by Crippen LogP contribution is 2.47.